The third-order valence-corrected chi connectivity index (χ3v) is 3.99. The van der Waals surface area contributed by atoms with Crippen molar-refractivity contribution in [3.63, 3.8) is 0 Å². The molecule has 2 N–H and O–H groups in total. The van der Waals surface area contributed by atoms with Crippen molar-refractivity contribution in [1.29, 1.82) is 0 Å². The molecular weight excluding hydrogens is 254 g/mol. The monoisotopic (exact) mass is 269 g/mol. The van der Waals surface area contributed by atoms with Gasteiger partial charge in [-0.1, -0.05) is 15.9 Å². The molecule has 1 aromatic rings. The van der Waals surface area contributed by atoms with Crippen molar-refractivity contribution in [2.75, 3.05) is 13.1 Å². The molecule has 0 aromatic heterocycles. The molecule has 1 heterocycles. The first kappa shape index (κ1) is 11.0. The molecule has 82 valence electrons. The van der Waals surface area contributed by atoms with E-state index in [0.717, 1.165) is 29.5 Å². The van der Waals surface area contributed by atoms with E-state index in [-0.39, 0.29) is 0 Å². The molecule has 15 heavy (non-hydrogen) atoms. The number of aromatic hydroxyl groups is 1. The molecule has 1 fully saturated rings. The standard InChI is InChI=1S/C12H16BrNO/c1-8-10(13)4-5-11(15)12(8)9-3-2-6-14-7-9/h4-5,9,14-15H,2-3,6-7H2,1H3. The molecule has 0 bridgehead atoms. The summed E-state index contributed by atoms with van der Waals surface area (Å²) in [6.07, 6.45) is 2.36. The van der Waals surface area contributed by atoms with Crippen LogP contribution in [-0.2, 0) is 0 Å². The van der Waals surface area contributed by atoms with Crippen molar-refractivity contribution in [3.05, 3.63) is 27.7 Å². The molecule has 0 saturated carbocycles. The van der Waals surface area contributed by atoms with Crippen LogP contribution in [0.5, 0.6) is 5.75 Å². The van der Waals surface area contributed by atoms with Crippen LogP contribution in [0.4, 0.5) is 0 Å². The zero-order valence-corrected chi connectivity index (χ0v) is 10.5. The van der Waals surface area contributed by atoms with Crippen LogP contribution in [0, 0.1) is 6.92 Å². The van der Waals surface area contributed by atoms with E-state index in [2.05, 4.69) is 28.2 Å². The maximum atomic E-state index is 9.92. The molecule has 0 aliphatic carbocycles. The predicted molar refractivity (Wildman–Crippen MR) is 65.4 cm³/mol. The second kappa shape index (κ2) is 4.54. The lowest BCUT2D eigenvalue weighted by atomic mass is 9.88. The van der Waals surface area contributed by atoms with Gasteiger partial charge in [0.05, 0.1) is 0 Å². The van der Waals surface area contributed by atoms with Crippen LogP contribution in [-0.4, -0.2) is 18.2 Å². The summed E-state index contributed by atoms with van der Waals surface area (Å²) in [4.78, 5) is 0. The molecule has 0 amide bonds. The lowest BCUT2D eigenvalue weighted by Gasteiger charge is -2.25. The highest BCUT2D eigenvalue weighted by Gasteiger charge is 2.20. The molecule has 2 rings (SSSR count). The van der Waals surface area contributed by atoms with Crippen molar-refractivity contribution in [2.24, 2.45) is 0 Å². The number of hydrogen-bond acceptors (Lipinski definition) is 2. The van der Waals surface area contributed by atoms with Gasteiger partial charge in [-0.2, -0.15) is 0 Å². The minimum absolute atomic E-state index is 0.435. The van der Waals surface area contributed by atoms with E-state index in [1.807, 2.05) is 6.07 Å². The summed E-state index contributed by atoms with van der Waals surface area (Å²) in [7, 11) is 0. The van der Waals surface area contributed by atoms with Gasteiger partial charge in [0.1, 0.15) is 5.75 Å². The van der Waals surface area contributed by atoms with Gasteiger partial charge < -0.3 is 10.4 Å². The van der Waals surface area contributed by atoms with E-state index in [9.17, 15) is 5.11 Å². The fraction of sp³-hybridized carbons (Fsp3) is 0.500. The molecule has 1 unspecified atom stereocenters. The summed E-state index contributed by atoms with van der Waals surface area (Å²) in [5.74, 6) is 0.889. The Morgan fingerprint density at radius 1 is 1.47 bits per heavy atom. The van der Waals surface area contributed by atoms with Gasteiger partial charge >= 0.3 is 0 Å². The number of phenolic OH excluding ortho intramolecular Hbond substituents is 1. The van der Waals surface area contributed by atoms with Gasteiger partial charge in [0.25, 0.3) is 0 Å². The van der Waals surface area contributed by atoms with Gasteiger partial charge in [-0.05, 0) is 44.0 Å². The van der Waals surface area contributed by atoms with Gasteiger partial charge in [-0.25, -0.2) is 0 Å². The van der Waals surface area contributed by atoms with E-state index in [0.29, 0.717) is 11.7 Å². The number of halogens is 1. The molecule has 1 aliphatic rings. The first-order valence-electron chi connectivity index (χ1n) is 5.39. The Morgan fingerprint density at radius 3 is 2.93 bits per heavy atom. The molecule has 1 aromatic carbocycles. The molecule has 0 radical (unpaired) electrons. The molecule has 1 saturated heterocycles. The van der Waals surface area contributed by atoms with Crippen LogP contribution in [0.25, 0.3) is 0 Å². The summed E-state index contributed by atoms with van der Waals surface area (Å²) < 4.78 is 1.08. The smallest absolute Gasteiger partial charge is 0.119 e. The maximum Gasteiger partial charge on any atom is 0.119 e. The average Bonchev–Trinajstić information content (AvgIpc) is 2.26. The largest absolute Gasteiger partial charge is 0.508 e. The van der Waals surface area contributed by atoms with Crippen LogP contribution in [0.1, 0.15) is 29.9 Å². The highest BCUT2D eigenvalue weighted by atomic mass is 79.9. The zero-order chi connectivity index (χ0) is 10.8. The van der Waals surface area contributed by atoms with Crippen LogP contribution in [0.2, 0.25) is 0 Å². The zero-order valence-electron chi connectivity index (χ0n) is 8.89. The first-order valence-corrected chi connectivity index (χ1v) is 6.18. The summed E-state index contributed by atoms with van der Waals surface area (Å²) >= 11 is 3.52. The highest BCUT2D eigenvalue weighted by molar-refractivity contribution is 9.10. The molecule has 1 atom stereocenters. The molecule has 0 spiro atoms. The third-order valence-electron chi connectivity index (χ3n) is 3.13. The fourth-order valence-corrected chi connectivity index (χ4v) is 2.65. The Balaban J connectivity index is 2.36. The fourth-order valence-electron chi connectivity index (χ4n) is 2.30. The minimum atomic E-state index is 0.435. The van der Waals surface area contributed by atoms with E-state index in [1.54, 1.807) is 6.07 Å². The Hall–Kier alpha value is -0.540. The van der Waals surface area contributed by atoms with Crippen LogP contribution in [0.3, 0.4) is 0 Å². The minimum Gasteiger partial charge on any atom is -0.508 e. The third kappa shape index (κ3) is 2.18. The predicted octanol–water partition coefficient (Wildman–Crippen LogP) is 2.93. The van der Waals surface area contributed by atoms with E-state index in [1.165, 1.54) is 12.0 Å². The van der Waals surface area contributed by atoms with Gasteiger partial charge in [-0.15, -0.1) is 0 Å². The van der Waals surface area contributed by atoms with Gasteiger partial charge in [0.15, 0.2) is 0 Å². The van der Waals surface area contributed by atoms with Gasteiger partial charge in [-0.3, -0.25) is 0 Å². The molecule has 3 heteroatoms. The molecule has 1 aliphatic heterocycles. The summed E-state index contributed by atoms with van der Waals surface area (Å²) in [5.41, 5.74) is 2.28. The second-order valence-electron chi connectivity index (χ2n) is 4.15. The van der Waals surface area contributed by atoms with Gasteiger partial charge in [0.2, 0.25) is 0 Å². The van der Waals surface area contributed by atoms with E-state index in [4.69, 9.17) is 0 Å². The lowest BCUT2D eigenvalue weighted by Crippen LogP contribution is -2.28. The number of benzene rings is 1. The van der Waals surface area contributed by atoms with Crippen molar-refractivity contribution >= 4 is 15.9 Å². The van der Waals surface area contributed by atoms with Crippen LogP contribution >= 0.6 is 15.9 Å². The van der Waals surface area contributed by atoms with Crippen molar-refractivity contribution in [3.8, 4) is 5.75 Å². The van der Waals surface area contributed by atoms with Crippen molar-refractivity contribution < 1.29 is 5.11 Å². The second-order valence-corrected chi connectivity index (χ2v) is 5.00. The SMILES string of the molecule is Cc1c(Br)ccc(O)c1C1CCCNC1. The van der Waals surface area contributed by atoms with Crippen molar-refractivity contribution in [2.45, 2.75) is 25.7 Å². The maximum absolute atomic E-state index is 9.92. The molecule has 2 nitrogen and oxygen atoms in total. The van der Waals surface area contributed by atoms with Gasteiger partial charge in [0, 0.05) is 22.5 Å². The number of piperidine rings is 1. The number of rotatable bonds is 1. The summed E-state index contributed by atoms with van der Waals surface area (Å²) in [5, 5.41) is 13.3. The van der Waals surface area contributed by atoms with E-state index < -0.39 is 0 Å². The Labute approximate surface area is 98.8 Å². The summed E-state index contributed by atoms with van der Waals surface area (Å²) in [6.45, 7) is 4.14. The topological polar surface area (TPSA) is 32.3 Å². The Kier molecular flexibility index (Phi) is 3.32. The number of phenols is 1. The van der Waals surface area contributed by atoms with Crippen LogP contribution < -0.4 is 5.32 Å². The lowest BCUT2D eigenvalue weighted by molar-refractivity contribution is 0.424. The Bertz CT molecular complexity index is 359. The highest BCUT2D eigenvalue weighted by Crippen LogP contribution is 2.36. The summed E-state index contributed by atoms with van der Waals surface area (Å²) in [6, 6.07) is 3.69. The average molecular weight is 270 g/mol. The normalized spacial score (nSPS) is 21.6. The molecular formula is C12H16BrNO. The first-order chi connectivity index (χ1) is 7.20. The van der Waals surface area contributed by atoms with Crippen molar-refractivity contribution in [1.82, 2.24) is 5.32 Å². The van der Waals surface area contributed by atoms with E-state index >= 15 is 0 Å². The number of hydrogen-bond donors (Lipinski definition) is 2. The number of nitrogens with one attached hydrogen (secondary N) is 1. The quantitative estimate of drug-likeness (QED) is 0.822. The van der Waals surface area contributed by atoms with Crippen LogP contribution in [0.15, 0.2) is 16.6 Å². The Morgan fingerprint density at radius 2 is 2.27 bits per heavy atom.